The van der Waals surface area contributed by atoms with Crippen LogP contribution in [0.5, 0.6) is 0 Å². The van der Waals surface area contributed by atoms with Crippen molar-refractivity contribution in [2.45, 2.75) is 25.9 Å². The second-order valence-electron chi connectivity index (χ2n) is 5.04. The molecule has 1 saturated heterocycles. The maximum absolute atomic E-state index is 5.62. The first-order chi connectivity index (χ1) is 8.11. The van der Waals surface area contributed by atoms with Gasteiger partial charge in [0.2, 0.25) is 0 Å². The summed E-state index contributed by atoms with van der Waals surface area (Å²) in [6, 6.07) is 2.79. The number of aryl methyl sites for hydroxylation is 1. The van der Waals surface area contributed by atoms with E-state index in [0.29, 0.717) is 12.6 Å². The molecule has 0 radical (unpaired) electrons. The number of nitrogens with two attached hydrogens (primary N) is 1. The van der Waals surface area contributed by atoms with E-state index >= 15 is 0 Å². The first-order valence-corrected chi connectivity index (χ1v) is 6.18. The van der Waals surface area contributed by atoms with Crippen LogP contribution in [0, 0.1) is 6.92 Å². The molecular formula is C13H22N4. The Morgan fingerprint density at radius 1 is 1.53 bits per heavy atom. The molecule has 1 aromatic rings. The van der Waals surface area contributed by atoms with Gasteiger partial charge in [-0.25, -0.2) is 4.98 Å². The fourth-order valence-electron chi connectivity index (χ4n) is 2.42. The molecule has 2 rings (SSSR count). The molecule has 0 aliphatic carbocycles. The van der Waals surface area contributed by atoms with E-state index in [0.717, 1.165) is 24.5 Å². The molecule has 1 atom stereocenters. The van der Waals surface area contributed by atoms with Crippen molar-refractivity contribution < 1.29 is 0 Å². The quantitative estimate of drug-likeness (QED) is 0.847. The van der Waals surface area contributed by atoms with Gasteiger partial charge < -0.3 is 15.5 Å². The molecule has 0 spiro atoms. The Morgan fingerprint density at radius 3 is 2.82 bits per heavy atom. The van der Waals surface area contributed by atoms with Crippen molar-refractivity contribution in [2.24, 2.45) is 5.73 Å². The summed E-state index contributed by atoms with van der Waals surface area (Å²) < 4.78 is 0. The molecule has 1 unspecified atom stereocenters. The Labute approximate surface area is 103 Å². The highest BCUT2D eigenvalue weighted by atomic mass is 15.3. The van der Waals surface area contributed by atoms with Crippen LogP contribution in [0.4, 0.5) is 5.82 Å². The third kappa shape index (κ3) is 2.58. The highest BCUT2D eigenvalue weighted by Crippen LogP contribution is 2.23. The first-order valence-electron chi connectivity index (χ1n) is 6.18. The third-order valence-corrected chi connectivity index (χ3v) is 3.54. The van der Waals surface area contributed by atoms with Gasteiger partial charge in [0.25, 0.3) is 0 Å². The second kappa shape index (κ2) is 5.02. The summed E-state index contributed by atoms with van der Waals surface area (Å²) in [5.74, 6) is 1.12. The minimum absolute atomic E-state index is 0.564. The van der Waals surface area contributed by atoms with Crippen LogP contribution in [-0.4, -0.2) is 43.1 Å². The minimum atomic E-state index is 0.564. The van der Waals surface area contributed by atoms with Crippen molar-refractivity contribution in [3.63, 3.8) is 0 Å². The van der Waals surface area contributed by atoms with Gasteiger partial charge in [-0.05, 0) is 44.6 Å². The molecule has 4 nitrogen and oxygen atoms in total. The number of hydrogen-bond donors (Lipinski definition) is 1. The fraction of sp³-hybridized carbons (Fsp3) is 0.615. The summed E-state index contributed by atoms with van der Waals surface area (Å²) in [4.78, 5) is 9.22. The Balaban J connectivity index is 2.13. The van der Waals surface area contributed by atoms with Gasteiger partial charge in [0.15, 0.2) is 0 Å². The lowest BCUT2D eigenvalue weighted by atomic mass is 10.2. The summed E-state index contributed by atoms with van der Waals surface area (Å²) in [5.41, 5.74) is 7.96. The molecule has 0 saturated carbocycles. The van der Waals surface area contributed by atoms with E-state index in [-0.39, 0.29) is 0 Å². The molecule has 2 heterocycles. The predicted molar refractivity (Wildman–Crippen MR) is 71.2 cm³/mol. The van der Waals surface area contributed by atoms with Crippen LogP contribution in [0.2, 0.25) is 0 Å². The van der Waals surface area contributed by atoms with Gasteiger partial charge in [-0.2, -0.15) is 0 Å². The summed E-state index contributed by atoms with van der Waals surface area (Å²) in [5, 5.41) is 0. The summed E-state index contributed by atoms with van der Waals surface area (Å²) in [6.45, 7) is 4.85. The molecule has 1 aromatic heterocycles. The summed E-state index contributed by atoms with van der Waals surface area (Å²) >= 11 is 0. The van der Waals surface area contributed by atoms with E-state index < -0.39 is 0 Å². The first kappa shape index (κ1) is 12.3. The van der Waals surface area contributed by atoms with Crippen LogP contribution >= 0.6 is 0 Å². The summed E-state index contributed by atoms with van der Waals surface area (Å²) in [6.07, 6.45) is 3.11. The van der Waals surface area contributed by atoms with Crippen molar-refractivity contribution in [3.05, 3.63) is 23.4 Å². The van der Waals surface area contributed by atoms with Crippen molar-refractivity contribution in [2.75, 3.05) is 32.1 Å². The number of anilines is 1. The lowest BCUT2D eigenvalue weighted by molar-refractivity contribution is 0.315. The van der Waals surface area contributed by atoms with Crippen LogP contribution in [0.25, 0.3) is 0 Å². The van der Waals surface area contributed by atoms with Crippen LogP contribution in [0.1, 0.15) is 17.5 Å². The molecule has 94 valence electrons. The number of nitrogens with zero attached hydrogens (tertiary/aromatic N) is 3. The zero-order chi connectivity index (χ0) is 12.4. The van der Waals surface area contributed by atoms with E-state index in [4.69, 9.17) is 5.73 Å². The molecule has 2 N–H and O–H groups in total. The largest absolute Gasteiger partial charge is 0.355 e. The van der Waals surface area contributed by atoms with Gasteiger partial charge in [0.05, 0.1) is 0 Å². The van der Waals surface area contributed by atoms with Gasteiger partial charge in [0, 0.05) is 31.9 Å². The smallest absolute Gasteiger partial charge is 0.131 e. The monoisotopic (exact) mass is 234 g/mol. The molecule has 0 amide bonds. The highest BCUT2D eigenvalue weighted by Gasteiger charge is 2.25. The Hall–Kier alpha value is -1.13. The van der Waals surface area contributed by atoms with Crippen LogP contribution in [0.15, 0.2) is 12.3 Å². The molecule has 0 aromatic carbocycles. The molecule has 17 heavy (non-hydrogen) atoms. The Kier molecular flexibility index (Phi) is 3.64. The van der Waals surface area contributed by atoms with E-state index in [1.165, 1.54) is 12.0 Å². The molecule has 1 fully saturated rings. The standard InChI is InChI=1S/C13H22N4/c1-10-6-11(7-14)8-15-13(10)17-5-4-12(9-17)16(2)3/h6,8,12H,4-5,7,9,14H2,1-3H3. The van der Waals surface area contributed by atoms with Crippen LogP contribution in [0.3, 0.4) is 0 Å². The lowest BCUT2D eigenvalue weighted by Gasteiger charge is -2.22. The molecule has 1 aliphatic rings. The number of pyridine rings is 1. The van der Waals surface area contributed by atoms with Crippen molar-refractivity contribution in [1.29, 1.82) is 0 Å². The van der Waals surface area contributed by atoms with Gasteiger partial charge in [-0.3, -0.25) is 0 Å². The SMILES string of the molecule is Cc1cc(CN)cnc1N1CCC(N(C)C)C1. The van der Waals surface area contributed by atoms with E-state index in [9.17, 15) is 0 Å². The summed E-state index contributed by atoms with van der Waals surface area (Å²) in [7, 11) is 4.29. The molecule has 4 heteroatoms. The molecule has 0 bridgehead atoms. The number of aromatic nitrogens is 1. The van der Waals surface area contributed by atoms with Gasteiger partial charge in [-0.15, -0.1) is 0 Å². The lowest BCUT2D eigenvalue weighted by Crippen LogP contribution is -2.32. The normalized spacial score (nSPS) is 20.3. The molecular weight excluding hydrogens is 212 g/mol. The van der Waals surface area contributed by atoms with E-state index in [1.807, 2.05) is 6.20 Å². The Morgan fingerprint density at radius 2 is 2.29 bits per heavy atom. The van der Waals surface area contributed by atoms with Crippen molar-refractivity contribution >= 4 is 5.82 Å². The van der Waals surface area contributed by atoms with Crippen molar-refractivity contribution in [3.8, 4) is 0 Å². The van der Waals surface area contributed by atoms with Crippen LogP contribution < -0.4 is 10.6 Å². The van der Waals surface area contributed by atoms with E-state index in [2.05, 4.69) is 41.9 Å². The van der Waals surface area contributed by atoms with E-state index in [1.54, 1.807) is 0 Å². The molecule has 1 aliphatic heterocycles. The van der Waals surface area contributed by atoms with Gasteiger partial charge in [-0.1, -0.05) is 0 Å². The maximum Gasteiger partial charge on any atom is 0.131 e. The predicted octanol–water partition coefficient (Wildman–Crippen LogP) is 0.989. The third-order valence-electron chi connectivity index (χ3n) is 3.54. The minimum Gasteiger partial charge on any atom is -0.355 e. The average molecular weight is 234 g/mol. The number of likely N-dealkylation sites (N-methyl/N-ethyl adjacent to an activating group) is 1. The van der Waals surface area contributed by atoms with Crippen LogP contribution in [-0.2, 0) is 6.54 Å². The van der Waals surface area contributed by atoms with Gasteiger partial charge >= 0.3 is 0 Å². The average Bonchev–Trinajstić information content (AvgIpc) is 2.78. The maximum atomic E-state index is 5.62. The highest BCUT2D eigenvalue weighted by molar-refractivity contribution is 5.48. The number of rotatable bonds is 3. The fourth-order valence-corrected chi connectivity index (χ4v) is 2.42. The Bertz CT molecular complexity index is 389. The van der Waals surface area contributed by atoms with Gasteiger partial charge in [0.1, 0.15) is 5.82 Å². The number of hydrogen-bond acceptors (Lipinski definition) is 4. The van der Waals surface area contributed by atoms with Crippen molar-refractivity contribution in [1.82, 2.24) is 9.88 Å². The zero-order valence-corrected chi connectivity index (χ0v) is 11.0. The second-order valence-corrected chi connectivity index (χ2v) is 5.04. The topological polar surface area (TPSA) is 45.4 Å². The zero-order valence-electron chi connectivity index (χ0n) is 11.0.